The molecular weight excluding hydrogens is 360 g/mol. The van der Waals surface area contributed by atoms with Gasteiger partial charge in [0.15, 0.2) is 0 Å². The second kappa shape index (κ2) is 6.95. The molecule has 1 aromatic carbocycles. The van der Waals surface area contributed by atoms with Crippen LogP contribution in [0.5, 0.6) is 0 Å². The van der Waals surface area contributed by atoms with E-state index >= 15 is 0 Å². The van der Waals surface area contributed by atoms with Crippen LogP contribution < -0.4 is 10.6 Å². The highest BCUT2D eigenvalue weighted by Gasteiger charge is 2.17. The predicted molar refractivity (Wildman–Crippen MR) is 92.3 cm³/mol. The number of anilines is 1. The largest absolute Gasteiger partial charge is 0.343 e. The van der Waals surface area contributed by atoms with E-state index in [9.17, 15) is 9.59 Å². The Balaban J connectivity index is 1.87. The third-order valence-corrected chi connectivity index (χ3v) is 3.60. The number of nitrogens with zero attached hydrogens (tertiary/aromatic N) is 2. The molecule has 0 fully saturated rings. The van der Waals surface area contributed by atoms with Crippen molar-refractivity contribution in [1.29, 1.82) is 0 Å². The molecule has 23 heavy (non-hydrogen) atoms. The number of carbonyl (C=O) groups is 2. The maximum absolute atomic E-state index is 12.0. The van der Waals surface area contributed by atoms with E-state index in [1.807, 2.05) is 32.9 Å². The molecule has 0 aliphatic carbocycles. The van der Waals surface area contributed by atoms with Gasteiger partial charge in [-0.25, -0.2) is 0 Å². The zero-order valence-electron chi connectivity index (χ0n) is 13.3. The van der Waals surface area contributed by atoms with Gasteiger partial charge in [-0.2, -0.15) is 5.10 Å². The first-order chi connectivity index (χ1) is 10.8. The van der Waals surface area contributed by atoms with E-state index in [1.54, 1.807) is 23.0 Å². The van der Waals surface area contributed by atoms with Crippen molar-refractivity contribution in [3.63, 3.8) is 0 Å². The van der Waals surface area contributed by atoms with Crippen LogP contribution in [0.1, 0.15) is 31.1 Å². The van der Waals surface area contributed by atoms with Crippen LogP contribution in [0.4, 0.5) is 5.69 Å². The second-order valence-corrected chi connectivity index (χ2v) is 7.00. The average molecular weight is 379 g/mol. The summed E-state index contributed by atoms with van der Waals surface area (Å²) in [6, 6.07) is 7.21. The highest BCUT2D eigenvalue weighted by Crippen LogP contribution is 2.14. The lowest BCUT2D eigenvalue weighted by atomic mass is 10.1. The van der Waals surface area contributed by atoms with Crippen LogP contribution in [0.15, 0.2) is 41.1 Å². The topological polar surface area (TPSA) is 76.0 Å². The Morgan fingerprint density at radius 3 is 2.43 bits per heavy atom. The van der Waals surface area contributed by atoms with Gasteiger partial charge in [0.05, 0.1) is 23.8 Å². The fraction of sp³-hybridized carbons (Fsp3) is 0.312. The van der Waals surface area contributed by atoms with Gasteiger partial charge in [-0.1, -0.05) is 15.9 Å². The second-order valence-electron chi connectivity index (χ2n) is 6.08. The third-order valence-electron chi connectivity index (χ3n) is 3.07. The fourth-order valence-corrected chi connectivity index (χ4v) is 2.07. The molecule has 1 heterocycles. The molecule has 2 N–H and O–H groups in total. The lowest BCUT2D eigenvalue weighted by Gasteiger charge is -2.18. The fourth-order valence-electron chi connectivity index (χ4n) is 1.81. The minimum atomic E-state index is -0.327. The number of rotatable bonds is 4. The van der Waals surface area contributed by atoms with Gasteiger partial charge >= 0.3 is 0 Å². The van der Waals surface area contributed by atoms with Crippen molar-refractivity contribution in [3.05, 3.63) is 46.7 Å². The monoisotopic (exact) mass is 378 g/mol. The van der Waals surface area contributed by atoms with Crippen LogP contribution >= 0.6 is 15.9 Å². The zero-order chi connectivity index (χ0) is 17.0. The Kier molecular flexibility index (Phi) is 5.20. The summed E-state index contributed by atoms with van der Waals surface area (Å²) >= 11 is 3.33. The minimum Gasteiger partial charge on any atom is -0.343 e. The number of nitrogens with one attached hydrogen (secondary N) is 2. The Hall–Kier alpha value is -2.15. The van der Waals surface area contributed by atoms with E-state index < -0.39 is 0 Å². The van der Waals surface area contributed by atoms with Crippen LogP contribution in [-0.4, -0.2) is 28.1 Å². The molecule has 0 spiro atoms. The van der Waals surface area contributed by atoms with Gasteiger partial charge in [-0.15, -0.1) is 0 Å². The minimum absolute atomic E-state index is 0.102. The van der Waals surface area contributed by atoms with Crippen molar-refractivity contribution in [2.75, 3.05) is 11.9 Å². The molecule has 6 nitrogen and oxygen atoms in total. The van der Waals surface area contributed by atoms with Crippen molar-refractivity contribution in [3.8, 4) is 0 Å². The Bertz CT molecular complexity index is 702. The Morgan fingerprint density at radius 1 is 1.22 bits per heavy atom. The molecule has 122 valence electrons. The van der Waals surface area contributed by atoms with E-state index in [2.05, 4.69) is 31.7 Å². The molecule has 0 radical (unpaired) electrons. The van der Waals surface area contributed by atoms with Crippen LogP contribution in [-0.2, 0) is 10.3 Å². The molecule has 0 saturated heterocycles. The number of carbonyl (C=O) groups excluding carboxylic acids is 2. The van der Waals surface area contributed by atoms with E-state index in [4.69, 9.17) is 0 Å². The molecule has 0 aliphatic heterocycles. The van der Waals surface area contributed by atoms with Gasteiger partial charge in [0.1, 0.15) is 0 Å². The van der Waals surface area contributed by atoms with Crippen molar-refractivity contribution in [1.82, 2.24) is 15.1 Å². The predicted octanol–water partition coefficient (Wildman–Crippen LogP) is 2.77. The molecule has 0 unspecified atom stereocenters. The molecule has 0 bridgehead atoms. The van der Waals surface area contributed by atoms with E-state index in [0.717, 1.165) is 4.47 Å². The molecule has 0 atom stereocenters. The summed E-state index contributed by atoms with van der Waals surface area (Å²) in [4.78, 5) is 23.9. The lowest BCUT2D eigenvalue weighted by molar-refractivity contribution is -0.115. The molecule has 0 saturated carbocycles. The number of aromatic nitrogens is 2. The quantitative estimate of drug-likeness (QED) is 0.858. The van der Waals surface area contributed by atoms with Gasteiger partial charge < -0.3 is 10.6 Å². The summed E-state index contributed by atoms with van der Waals surface area (Å²) in [5, 5.41) is 9.45. The smallest absolute Gasteiger partial charge is 0.254 e. The summed E-state index contributed by atoms with van der Waals surface area (Å²) in [5.41, 5.74) is 0.904. The first-order valence-electron chi connectivity index (χ1n) is 7.14. The van der Waals surface area contributed by atoms with Gasteiger partial charge in [-0.3, -0.25) is 14.3 Å². The number of benzene rings is 1. The van der Waals surface area contributed by atoms with Gasteiger partial charge in [-0.05, 0) is 45.0 Å². The van der Waals surface area contributed by atoms with Crippen molar-refractivity contribution in [2.24, 2.45) is 0 Å². The van der Waals surface area contributed by atoms with E-state index in [0.29, 0.717) is 11.3 Å². The van der Waals surface area contributed by atoms with Crippen LogP contribution in [0.3, 0.4) is 0 Å². The van der Waals surface area contributed by atoms with Gasteiger partial charge in [0.2, 0.25) is 5.91 Å². The maximum Gasteiger partial charge on any atom is 0.254 e. The molecule has 2 rings (SSSR count). The first kappa shape index (κ1) is 17.2. The first-order valence-corrected chi connectivity index (χ1v) is 7.94. The number of halogens is 1. The van der Waals surface area contributed by atoms with E-state index in [1.165, 1.54) is 6.20 Å². The summed E-state index contributed by atoms with van der Waals surface area (Å²) in [5.74, 6) is -0.615. The van der Waals surface area contributed by atoms with Gasteiger partial charge in [0, 0.05) is 16.4 Å². The SMILES string of the molecule is CC(C)(C)n1cc(C(=O)NCC(=O)Nc2ccc(Br)cc2)cn1. The lowest BCUT2D eigenvalue weighted by Crippen LogP contribution is -2.32. The molecule has 2 aromatic rings. The van der Waals surface area contributed by atoms with Crippen molar-refractivity contribution in [2.45, 2.75) is 26.3 Å². The van der Waals surface area contributed by atoms with Crippen molar-refractivity contribution >= 4 is 33.4 Å². The molecule has 1 aromatic heterocycles. The molecule has 7 heteroatoms. The summed E-state index contributed by atoms with van der Waals surface area (Å²) in [6.07, 6.45) is 3.16. The average Bonchev–Trinajstić information content (AvgIpc) is 2.97. The zero-order valence-corrected chi connectivity index (χ0v) is 14.8. The maximum atomic E-state index is 12.0. The van der Waals surface area contributed by atoms with Crippen molar-refractivity contribution < 1.29 is 9.59 Å². The van der Waals surface area contributed by atoms with Crippen LogP contribution in [0, 0.1) is 0 Å². The molecular formula is C16H19BrN4O2. The van der Waals surface area contributed by atoms with E-state index in [-0.39, 0.29) is 23.9 Å². The Labute approximate surface area is 143 Å². The molecule has 0 aliphatic rings. The highest BCUT2D eigenvalue weighted by molar-refractivity contribution is 9.10. The molecule has 2 amide bonds. The third kappa shape index (κ3) is 4.92. The Morgan fingerprint density at radius 2 is 1.87 bits per heavy atom. The summed E-state index contributed by atoms with van der Waals surface area (Å²) in [7, 11) is 0. The standard InChI is InChI=1S/C16H19BrN4O2/c1-16(2,3)21-10-11(8-19-21)15(23)18-9-14(22)20-13-6-4-12(17)5-7-13/h4-8,10H,9H2,1-3H3,(H,18,23)(H,20,22). The van der Waals surface area contributed by atoms with Gasteiger partial charge in [0.25, 0.3) is 5.91 Å². The number of hydrogen-bond acceptors (Lipinski definition) is 3. The summed E-state index contributed by atoms with van der Waals surface area (Å²) < 4.78 is 2.64. The summed E-state index contributed by atoms with van der Waals surface area (Å²) in [6.45, 7) is 5.88. The number of hydrogen-bond donors (Lipinski definition) is 2. The number of amides is 2. The van der Waals surface area contributed by atoms with Crippen LogP contribution in [0.25, 0.3) is 0 Å². The van der Waals surface area contributed by atoms with Crippen LogP contribution in [0.2, 0.25) is 0 Å². The normalized spacial score (nSPS) is 11.1. The highest BCUT2D eigenvalue weighted by atomic mass is 79.9.